The fourth-order valence-electron chi connectivity index (χ4n) is 5.59. The molecule has 0 bridgehead atoms. The highest BCUT2D eigenvalue weighted by atomic mass is 32.2. The van der Waals surface area contributed by atoms with Crippen LogP contribution in [-0.2, 0) is 25.8 Å². The molecule has 2 atom stereocenters. The lowest BCUT2D eigenvalue weighted by atomic mass is 10.0. The first-order valence-electron chi connectivity index (χ1n) is 15.5. The number of pyridine rings is 1. The van der Waals surface area contributed by atoms with Crippen molar-refractivity contribution in [2.24, 2.45) is 5.16 Å². The van der Waals surface area contributed by atoms with Crippen molar-refractivity contribution >= 4 is 69.1 Å². The van der Waals surface area contributed by atoms with Gasteiger partial charge >= 0.3 is 5.97 Å². The normalized spacial score (nSPS) is 17.1. The van der Waals surface area contributed by atoms with Crippen LogP contribution in [0.4, 0.5) is 5.13 Å². The lowest BCUT2D eigenvalue weighted by Gasteiger charge is -2.49. The van der Waals surface area contributed by atoms with E-state index in [1.807, 2.05) is 13.0 Å². The molecule has 272 valence electrons. The summed E-state index contributed by atoms with van der Waals surface area (Å²) >= 11 is 3.74. The third-order valence-electron chi connectivity index (χ3n) is 8.18. The van der Waals surface area contributed by atoms with E-state index in [9.17, 15) is 39.9 Å². The van der Waals surface area contributed by atoms with Crippen LogP contribution >= 0.6 is 34.9 Å². The number of aliphatic carboxylic acids is 1. The average molecular weight is 777 g/mol. The van der Waals surface area contributed by atoms with Crippen LogP contribution in [0.1, 0.15) is 17.0 Å². The Morgan fingerprint density at radius 2 is 1.81 bits per heavy atom. The highest BCUT2D eigenvalue weighted by molar-refractivity contribution is 8.01. The summed E-state index contributed by atoms with van der Waals surface area (Å²) in [5, 5.41) is 61.1. The number of thiazole rings is 1. The molecule has 8 N–H and O–H groups in total. The second-order valence-corrected chi connectivity index (χ2v) is 14.8. The van der Waals surface area contributed by atoms with Crippen LogP contribution in [0.25, 0.3) is 17.0 Å². The number of anilines is 1. The number of amides is 2. The maximum atomic E-state index is 13.5. The fraction of sp³-hybridized carbons (Fsp3) is 0.182. The standard InChI is InChI=1S/C33H28N8O9S3/c1-14-6-18(9-24-36-28(38-41(14)24)16-3-5-21(43)23(45)8-16)51-11-17-12-52-31-26(30(47)40(31)27(17)32(48)49)37-29(46)25(19-13-53-33(34)35-19)39-50-10-15-2-4-20(42)22(44)7-15/h2-9,13,26,31,42-45H,10-12H2,1H3,(H2,34,35)(H,37,46)(H,48,49)/b39-25-/t26-,31-/m1/s1. The number of phenolic OH excluding ortho intramolecular Hbond substituents is 4. The third-order valence-corrected chi connectivity index (χ3v) is 11.3. The molecule has 2 aromatic carbocycles. The highest BCUT2D eigenvalue weighted by Crippen LogP contribution is 2.42. The van der Waals surface area contributed by atoms with Crippen molar-refractivity contribution in [2.75, 3.05) is 17.2 Å². The van der Waals surface area contributed by atoms with Gasteiger partial charge in [0, 0.05) is 33.0 Å². The van der Waals surface area contributed by atoms with E-state index < -0.39 is 29.2 Å². The van der Waals surface area contributed by atoms with Crippen molar-refractivity contribution in [1.82, 2.24) is 29.8 Å². The number of phenols is 4. The van der Waals surface area contributed by atoms with E-state index in [-0.39, 0.29) is 63.3 Å². The number of nitrogens with one attached hydrogen (secondary N) is 1. The van der Waals surface area contributed by atoms with Gasteiger partial charge in [-0.2, -0.15) is 0 Å². The predicted octanol–water partition coefficient (Wildman–Crippen LogP) is 3.02. The predicted molar refractivity (Wildman–Crippen MR) is 195 cm³/mol. The molecule has 1 fully saturated rings. The SMILES string of the molecule is Cc1cc(SCC2=C(C(=O)O)N3C(=O)[C@@H](NC(=O)/C(=N\OCc4ccc(O)c(O)c4)c4csc(N)n4)[C@H]3SC2)cc2nc(-c3ccc(O)c(O)c3)nn12. The molecule has 0 unspecified atom stereocenters. The van der Waals surface area contributed by atoms with Gasteiger partial charge in [0.25, 0.3) is 11.8 Å². The molecule has 5 heterocycles. The zero-order valence-corrected chi connectivity index (χ0v) is 29.8. The van der Waals surface area contributed by atoms with Crippen LogP contribution in [0.3, 0.4) is 0 Å². The lowest BCUT2D eigenvalue weighted by Crippen LogP contribution is -2.71. The zero-order valence-electron chi connectivity index (χ0n) is 27.3. The van der Waals surface area contributed by atoms with E-state index in [0.29, 0.717) is 28.2 Å². The molecule has 0 spiro atoms. The van der Waals surface area contributed by atoms with Crippen LogP contribution in [0.5, 0.6) is 23.0 Å². The van der Waals surface area contributed by atoms with Gasteiger partial charge in [0.15, 0.2) is 45.3 Å². The number of β-lactam (4-membered cyclic amide) rings is 1. The van der Waals surface area contributed by atoms with Crippen LogP contribution in [0.15, 0.2) is 75.2 Å². The number of nitrogens with two attached hydrogens (primary N) is 1. The van der Waals surface area contributed by atoms with Gasteiger partial charge in [-0.1, -0.05) is 11.2 Å². The zero-order chi connectivity index (χ0) is 37.6. The number of oxime groups is 1. The van der Waals surface area contributed by atoms with Crippen LogP contribution in [-0.4, -0.2) is 96.4 Å². The Labute approximate surface area is 311 Å². The van der Waals surface area contributed by atoms with E-state index in [2.05, 4.69) is 25.5 Å². The number of thioether (sulfide) groups is 2. The summed E-state index contributed by atoms with van der Waals surface area (Å²) in [7, 11) is 0. The number of hydrogen-bond acceptors (Lipinski definition) is 16. The molecular formula is C33H28N8O9S3. The Balaban J connectivity index is 1.05. The van der Waals surface area contributed by atoms with Gasteiger partial charge in [0.2, 0.25) is 0 Å². The number of fused-ring (bicyclic) bond motifs is 2. The summed E-state index contributed by atoms with van der Waals surface area (Å²) in [6.45, 7) is 1.66. The molecule has 53 heavy (non-hydrogen) atoms. The Morgan fingerprint density at radius 3 is 2.51 bits per heavy atom. The fourth-order valence-corrected chi connectivity index (χ4v) is 8.63. The van der Waals surface area contributed by atoms with Gasteiger partial charge in [0.05, 0.1) is 0 Å². The van der Waals surface area contributed by atoms with E-state index >= 15 is 0 Å². The minimum atomic E-state index is -1.27. The van der Waals surface area contributed by atoms with Crippen LogP contribution in [0, 0.1) is 6.92 Å². The van der Waals surface area contributed by atoms with Crippen molar-refractivity contribution in [3.8, 4) is 34.4 Å². The topological polar surface area (TPSA) is 258 Å². The van der Waals surface area contributed by atoms with Crippen molar-refractivity contribution in [2.45, 2.75) is 29.8 Å². The average Bonchev–Trinajstić information content (AvgIpc) is 3.76. The number of carbonyl (C=O) groups excluding carboxylic acids is 2. The summed E-state index contributed by atoms with van der Waals surface area (Å²) < 4.78 is 1.63. The number of aromatic hydroxyl groups is 4. The van der Waals surface area contributed by atoms with Gasteiger partial charge in [-0.05, 0) is 60.5 Å². The van der Waals surface area contributed by atoms with Gasteiger partial charge in [-0.3, -0.25) is 14.5 Å². The van der Waals surface area contributed by atoms with Crippen molar-refractivity contribution in [3.63, 3.8) is 0 Å². The Morgan fingerprint density at radius 1 is 1.06 bits per heavy atom. The van der Waals surface area contributed by atoms with Crippen molar-refractivity contribution in [1.29, 1.82) is 0 Å². The first kappa shape index (κ1) is 35.4. The first-order valence-corrected chi connectivity index (χ1v) is 18.4. The molecule has 2 aliphatic rings. The number of benzene rings is 2. The number of nitrogens with zero attached hydrogens (tertiary/aromatic N) is 6. The third kappa shape index (κ3) is 6.98. The second-order valence-electron chi connectivity index (χ2n) is 11.8. The van der Waals surface area contributed by atoms with Gasteiger partial charge in [-0.25, -0.2) is 19.3 Å². The summed E-state index contributed by atoms with van der Waals surface area (Å²) in [6.07, 6.45) is 0. The number of rotatable bonds is 11. The number of nitrogen functional groups attached to an aromatic ring is 1. The maximum Gasteiger partial charge on any atom is 0.352 e. The maximum absolute atomic E-state index is 13.5. The molecule has 1 saturated heterocycles. The van der Waals surface area contributed by atoms with Gasteiger partial charge in [-0.15, -0.1) is 40.0 Å². The smallest absolute Gasteiger partial charge is 0.352 e. The molecule has 0 aliphatic carbocycles. The van der Waals surface area contributed by atoms with Crippen molar-refractivity contribution < 1.29 is 44.8 Å². The summed E-state index contributed by atoms with van der Waals surface area (Å²) in [4.78, 5) is 55.4. The quantitative estimate of drug-likeness (QED) is 0.0335. The highest BCUT2D eigenvalue weighted by Gasteiger charge is 2.54. The van der Waals surface area contributed by atoms with Crippen LogP contribution < -0.4 is 11.1 Å². The Hall–Kier alpha value is -5.99. The minimum Gasteiger partial charge on any atom is -0.504 e. The minimum absolute atomic E-state index is 0.0966. The van der Waals surface area contributed by atoms with Crippen LogP contribution in [0.2, 0.25) is 0 Å². The molecular weight excluding hydrogens is 749 g/mol. The number of aromatic nitrogens is 4. The number of carboxylic acid groups (broad SMARTS) is 1. The molecule has 0 radical (unpaired) electrons. The monoisotopic (exact) mass is 776 g/mol. The number of hydrogen-bond donors (Lipinski definition) is 7. The number of aryl methyl sites for hydroxylation is 1. The molecule has 2 aliphatic heterocycles. The summed E-state index contributed by atoms with van der Waals surface area (Å²) in [5.41, 5.74) is 8.21. The first-order chi connectivity index (χ1) is 25.4. The molecule has 20 heteroatoms. The van der Waals surface area contributed by atoms with Gasteiger partial charge < -0.3 is 41.4 Å². The van der Waals surface area contributed by atoms with E-state index in [0.717, 1.165) is 21.9 Å². The second kappa shape index (κ2) is 14.2. The summed E-state index contributed by atoms with van der Waals surface area (Å²) in [5.74, 6) is -3.04. The van der Waals surface area contributed by atoms with Crippen molar-refractivity contribution in [3.05, 3.63) is 82.1 Å². The number of carboxylic acids is 1. The molecule has 7 rings (SSSR count). The molecule has 0 saturated carbocycles. The Bertz CT molecular complexity index is 2380. The van der Waals surface area contributed by atoms with E-state index in [4.69, 9.17) is 10.6 Å². The molecule has 17 nitrogen and oxygen atoms in total. The number of carbonyl (C=O) groups is 3. The molecule has 3 aromatic heterocycles. The van der Waals surface area contributed by atoms with E-state index in [1.165, 1.54) is 64.1 Å². The molecule has 2 amide bonds. The summed E-state index contributed by atoms with van der Waals surface area (Å²) in [6, 6.07) is 10.9. The van der Waals surface area contributed by atoms with E-state index in [1.54, 1.807) is 16.6 Å². The Kier molecular flexibility index (Phi) is 9.49. The van der Waals surface area contributed by atoms with Gasteiger partial charge in [0.1, 0.15) is 29.4 Å². The molecule has 5 aromatic rings. The largest absolute Gasteiger partial charge is 0.504 e. The lowest BCUT2D eigenvalue weighted by molar-refractivity contribution is -0.150.